The van der Waals surface area contributed by atoms with Gasteiger partial charge in [0.05, 0.1) is 5.69 Å². The third kappa shape index (κ3) is 1.43. The van der Waals surface area contributed by atoms with E-state index >= 15 is 0 Å². The molecule has 0 aliphatic heterocycles. The molecule has 0 atom stereocenters. The highest BCUT2D eigenvalue weighted by molar-refractivity contribution is 5.14. The molecule has 0 bridgehead atoms. The third-order valence-corrected chi connectivity index (χ3v) is 1.27. The highest BCUT2D eigenvalue weighted by atomic mass is 16.3. The number of aromatic nitrogens is 2. The van der Waals surface area contributed by atoms with E-state index in [1.54, 1.807) is 6.07 Å². The van der Waals surface area contributed by atoms with Gasteiger partial charge < -0.3 is 5.11 Å². The van der Waals surface area contributed by atoms with Crippen LogP contribution >= 0.6 is 0 Å². The molecule has 1 heterocycles. The lowest BCUT2D eigenvalue weighted by Gasteiger charge is -2.01. The largest absolute Gasteiger partial charge is 0.493 e. The van der Waals surface area contributed by atoms with Gasteiger partial charge in [-0.2, -0.15) is 0 Å². The molecule has 0 amide bonds. The molecule has 54 valence electrons. The van der Waals surface area contributed by atoms with Crippen LogP contribution in [0.2, 0.25) is 0 Å². The van der Waals surface area contributed by atoms with E-state index in [1.165, 1.54) is 6.33 Å². The third-order valence-electron chi connectivity index (χ3n) is 1.27. The summed E-state index contributed by atoms with van der Waals surface area (Å²) >= 11 is 0. The predicted molar refractivity (Wildman–Crippen MR) is 37.8 cm³/mol. The van der Waals surface area contributed by atoms with Gasteiger partial charge in [0, 0.05) is 6.07 Å². The molecule has 0 aliphatic carbocycles. The highest BCUT2D eigenvalue weighted by Gasteiger charge is 2.00. The first-order valence-electron chi connectivity index (χ1n) is 3.21. The molecule has 0 spiro atoms. The fourth-order valence-electron chi connectivity index (χ4n) is 0.677. The second-order valence-electron chi connectivity index (χ2n) is 2.46. The smallest absolute Gasteiger partial charge is 0.214 e. The van der Waals surface area contributed by atoms with Gasteiger partial charge in [-0.1, -0.05) is 13.8 Å². The van der Waals surface area contributed by atoms with E-state index in [9.17, 15) is 0 Å². The van der Waals surface area contributed by atoms with E-state index in [0.717, 1.165) is 5.69 Å². The number of nitrogens with zero attached hydrogens (tertiary/aromatic N) is 2. The van der Waals surface area contributed by atoms with Crippen LogP contribution < -0.4 is 0 Å². The molecule has 0 aliphatic rings. The van der Waals surface area contributed by atoms with Crippen molar-refractivity contribution in [1.82, 2.24) is 9.97 Å². The zero-order valence-corrected chi connectivity index (χ0v) is 6.07. The Kier molecular flexibility index (Phi) is 1.85. The molecule has 3 heteroatoms. The van der Waals surface area contributed by atoms with Gasteiger partial charge in [-0.25, -0.2) is 9.97 Å². The Bertz CT molecular complexity index is 223. The summed E-state index contributed by atoms with van der Waals surface area (Å²) in [6, 6.07) is 1.57. The molecule has 1 rings (SSSR count). The van der Waals surface area contributed by atoms with Gasteiger partial charge >= 0.3 is 0 Å². The second kappa shape index (κ2) is 2.64. The summed E-state index contributed by atoms with van der Waals surface area (Å²) in [7, 11) is 0. The van der Waals surface area contributed by atoms with Crippen molar-refractivity contribution in [2.75, 3.05) is 0 Å². The van der Waals surface area contributed by atoms with Crippen LogP contribution in [0.5, 0.6) is 5.88 Å². The maximum absolute atomic E-state index is 8.91. The van der Waals surface area contributed by atoms with Crippen LogP contribution in [0.4, 0.5) is 0 Å². The summed E-state index contributed by atoms with van der Waals surface area (Å²) in [4.78, 5) is 7.53. The molecule has 1 aromatic heterocycles. The Labute approximate surface area is 59.8 Å². The molecule has 3 nitrogen and oxygen atoms in total. The molecule has 10 heavy (non-hydrogen) atoms. The van der Waals surface area contributed by atoms with E-state index in [0.29, 0.717) is 5.92 Å². The Morgan fingerprint density at radius 2 is 2.10 bits per heavy atom. The van der Waals surface area contributed by atoms with Crippen LogP contribution in [0.3, 0.4) is 0 Å². The minimum Gasteiger partial charge on any atom is -0.493 e. The SMILES string of the molecule is CC(C)c1cc(O)ncn1. The maximum atomic E-state index is 8.91. The topological polar surface area (TPSA) is 46.0 Å². The molecule has 1 aromatic rings. The number of aromatic hydroxyl groups is 1. The zero-order valence-electron chi connectivity index (χ0n) is 6.07. The van der Waals surface area contributed by atoms with Gasteiger partial charge in [0.1, 0.15) is 6.33 Å². The van der Waals surface area contributed by atoms with Crippen LogP contribution in [0, 0.1) is 0 Å². The molecular weight excluding hydrogens is 128 g/mol. The van der Waals surface area contributed by atoms with Crippen LogP contribution in [-0.2, 0) is 0 Å². The molecule has 0 saturated heterocycles. The summed E-state index contributed by atoms with van der Waals surface area (Å²) in [6.45, 7) is 4.03. The van der Waals surface area contributed by atoms with Gasteiger partial charge in [-0.3, -0.25) is 0 Å². The Morgan fingerprint density at radius 1 is 1.40 bits per heavy atom. The predicted octanol–water partition coefficient (Wildman–Crippen LogP) is 1.31. The average molecular weight is 138 g/mol. The first-order chi connectivity index (χ1) is 4.70. The monoisotopic (exact) mass is 138 g/mol. The highest BCUT2D eigenvalue weighted by Crippen LogP contribution is 2.13. The van der Waals surface area contributed by atoms with E-state index in [1.807, 2.05) is 13.8 Å². The first kappa shape index (κ1) is 6.99. The lowest BCUT2D eigenvalue weighted by Crippen LogP contribution is -1.91. The van der Waals surface area contributed by atoms with Crippen molar-refractivity contribution < 1.29 is 5.11 Å². The standard InChI is InChI=1S/C7H10N2O/c1-5(2)6-3-7(10)9-4-8-6/h3-5H,1-2H3,(H,8,9,10). The number of hydrogen-bond donors (Lipinski definition) is 1. The van der Waals surface area contributed by atoms with E-state index in [-0.39, 0.29) is 5.88 Å². The van der Waals surface area contributed by atoms with Crippen LogP contribution in [0.1, 0.15) is 25.5 Å². The maximum Gasteiger partial charge on any atom is 0.214 e. The van der Waals surface area contributed by atoms with Crippen molar-refractivity contribution in [3.8, 4) is 5.88 Å². The molecule has 1 N–H and O–H groups in total. The van der Waals surface area contributed by atoms with Crippen molar-refractivity contribution in [3.05, 3.63) is 18.1 Å². The van der Waals surface area contributed by atoms with Crippen LogP contribution in [-0.4, -0.2) is 15.1 Å². The second-order valence-corrected chi connectivity index (χ2v) is 2.46. The molecular formula is C7H10N2O. The van der Waals surface area contributed by atoms with Crippen molar-refractivity contribution in [2.24, 2.45) is 0 Å². The lowest BCUT2D eigenvalue weighted by molar-refractivity contribution is 0.450. The van der Waals surface area contributed by atoms with Gasteiger partial charge in [0.2, 0.25) is 5.88 Å². The quantitative estimate of drug-likeness (QED) is 0.636. The Balaban J connectivity index is 2.96. The fraction of sp³-hybridized carbons (Fsp3) is 0.429. The first-order valence-corrected chi connectivity index (χ1v) is 3.21. The van der Waals surface area contributed by atoms with Crippen molar-refractivity contribution >= 4 is 0 Å². The van der Waals surface area contributed by atoms with Crippen LogP contribution in [0.15, 0.2) is 12.4 Å². The van der Waals surface area contributed by atoms with E-state index in [2.05, 4.69) is 9.97 Å². The molecule has 0 unspecified atom stereocenters. The summed E-state index contributed by atoms with van der Waals surface area (Å²) in [5.74, 6) is 0.382. The van der Waals surface area contributed by atoms with Crippen molar-refractivity contribution in [3.63, 3.8) is 0 Å². The minimum absolute atomic E-state index is 0.0405. The van der Waals surface area contributed by atoms with Crippen molar-refractivity contribution in [1.29, 1.82) is 0 Å². The van der Waals surface area contributed by atoms with E-state index < -0.39 is 0 Å². The molecule has 0 saturated carbocycles. The number of hydrogen-bond acceptors (Lipinski definition) is 3. The molecule has 0 aromatic carbocycles. The summed E-state index contributed by atoms with van der Waals surface area (Å²) < 4.78 is 0. The average Bonchev–Trinajstić information content (AvgIpc) is 1.88. The normalized spacial score (nSPS) is 10.3. The van der Waals surface area contributed by atoms with Gasteiger partial charge in [-0.15, -0.1) is 0 Å². The Hall–Kier alpha value is -1.12. The van der Waals surface area contributed by atoms with Gasteiger partial charge in [-0.05, 0) is 5.92 Å². The summed E-state index contributed by atoms with van der Waals surface area (Å²) in [5, 5.41) is 8.91. The fourth-order valence-corrected chi connectivity index (χ4v) is 0.677. The van der Waals surface area contributed by atoms with Crippen LogP contribution in [0.25, 0.3) is 0 Å². The lowest BCUT2D eigenvalue weighted by atomic mass is 10.1. The minimum atomic E-state index is 0.0405. The number of rotatable bonds is 1. The van der Waals surface area contributed by atoms with E-state index in [4.69, 9.17) is 5.11 Å². The van der Waals surface area contributed by atoms with Gasteiger partial charge in [0.15, 0.2) is 0 Å². The van der Waals surface area contributed by atoms with Gasteiger partial charge in [0.25, 0.3) is 0 Å². The van der Waals surface area contributed by atoms with Crippen molar-refractivity contribution in [2.45, 2.75) is 19.8 Å². The molecule has 0 fully saturated rings. The zero-order chi connectivity index (χ0) is 7.56. The molecule has 0 radical (unpaired) electrons. The summed E-state index contributed by atoms with van der Waals surface area (Å²) in [5.41, 5.74) is 0.868. The summed E-state index contributed by atoms with van der Waals surface area (Å²) in [6.07, 6.45) is 1.37. The Morgan fingerprint density at radius 3 is 2.50 bits per heavy atom.